The summed E-state index contributed by atoms with van der Waals surface area (Å²) in [6.07, 6.45) is -0.448. The lowest BCUT2D eigenvalue weighted by molar-refractivity contribution is -0.114. The van der Waals surface area contributed by atoms with Crippen molar-refractivity contribution in [1.82, 2.24) is 5.32 Å². The third-order valence-electron chi connectivity index (χ3n) is 2.46. The number of hydrogen-bond acceptors (Lipinski definition) is 3. The lowest BCUT2D eigenvalue weighted by Gasteiger charge is -2.22. The smallest absolute Gasteiger partial charge is 0.408 e. The number of benzene rings is 1. The van der Waals surface area contributed by atoms with E-state index in [2.05, 4.69) is 10.6 Å². The van der Waals surface area contributed by atoms with Gasteiger partial charge in [0.25, 0.3) is 0 Å². The first-order valence-corrected chi connectivity index (χ1v) is 6.54. The number of amides is 2. The van der Waals surface area contributed by atoms with Crippen LogP contribution in [0.5, 0.6) is 0 Å². The minimum absolute atomic E-state index is 0.113. The first kappa shape index (κ1) is 16.0. The third-order valence-corrected chi connectivity index (χ3v) is 2.46. The molecule has 0 bridgehead atoms. The molecule has 0 radical (unpaired) electrons. The van der Waals surface area contributed by atoms with Crippen molar-refractivity contribution in [1.29, 1.82) is 0 Å². The number of alkyl carbamates (subject to hydrolysis) is 1. The maximum atomic E-state index is 11.7. The molecule has 110 valence electrons. The molecule has 0 aliphatic heterocycles. The zero-order valence-corrected chi connectivity index (χ0v) is 12.6. The number of carbonyl (C=O) groups is 2. The fourth-order valence-corrected chi connectivity index (χ4v) is 1.63. The molecular formula is C15H22N2O3. The maximum absolute atomic E-state index is 11.7. The highest BCUT2D eigenvalue weighted by molar-refractivity contribution is 5.88. The molecule has 1 aromatic carbocycles. The molecule has 0 aliphatic carbocycles. The van der Waals surface area contributed by atoms with E-state index in [-0.39, 0.29) is 11.9 Å². The van der Waals surface area contributed by atoms with Crippen LogP contribution in [-0.4, -0.2) is 17.6 Å². The molecule has 0 unspecified atom stereocenters. The number of nitrogens with one attached hydrogen (secondary N) is 2. The van der Waals surface area contributed by atoms with Gasteiger partial charge in [-0.05, 0) is 45.4 Å². The second-order valence-electron chi connectivity index (χ2n) is 5.67. The normalized spacial score (nSPS) is 12.4. The highest BCUT2D eigenvalue weighted by Gasteiger charge is 2.18. The largest absolute Gasteiger partial charge is 0.444 e. The number of ether oxygens (including phenoxy) is 1. The Kier molecular flexibility index (Phi) is 5.13. The van der Waals surface area contributed by atoms with Crippen LogP contribution in [-0.2, 0) is 9.53 Å². The first-order valence-electron chi connectivity index (χ1n) is 6.54. The second kappa shape index (κ2) is 6.41. The third kappa shape index (κ3) is 5.73. The van der Waals surface area contributed by atoms with Crippen molar-refractivity contribution in [3.05, 3.63) is 29.8 Å². The first-order chi connectivity index (χ1) is 9.17. The Labute approximate surface area is 119 Å². The number of hydrogen-bond donors (Lipinski definition) is 2. The summed E-state index contributed by atoms with van der Waals surface area (Å²) < 4.78 is 5.20. The summed E-state index contributed by atoms with van der Waals surface area (Å²) in [5.74, 6) is -0.113. The Morgan fingerprint density at radius 2 is 1.70 bits per heavy atom. The molecule has 1 aromatic rings. The number of anilines is 1. The lowest BCUT2D eigenvalue weighted by Crippen LogP contribution is -2.34. The van der Waals surface area contributed by atoms with Gasteiger partial charge in [0, 0.05) is 12.6 Å². The zero-order chi connectivity index (χ0) is 15.3. The van der Waals surface area contributed by atoms with Crippen molar-refractivity contribution in [3.8, 4) is 0 Å². The van der Waals surface area contributed by atoms with Crippen LogP contribution in [0.25, 0.3) is 0 Å². The van der Waals surface area contributed by atoms with Gasteiger partial charge >= 0.3 is 6.09 Å². The molecule has 1 rings (SSSR count). The molecule has 1 atom stereocenters. The Morgan fingerprint density at radius 1 is 1.15 bits per heavy atom. The second-order valence-corrected chi connectivity index (χ2v) is 5.67. The molecule has 0 fully saturated rings. The van der Waals surface area contributed by atoms with Crippen LogP contribution in [0.15, 0.2) is 24.3 Å². The van der Waals surface area contributed by atoms with E-state index in [1.807, 2.05) is 39.8 Å². The van der Waals surface area contributed by atoms with Crippen LogP contribution >= 0.6 is 0 Å². The quantitative estimate of drug-likeness (QED) is 0.892. The Hall–Kier alpha value is -2.04. The van der Waals surface area contributed by atoms with Gasteiger partial charge < -0.3 is 15.4 Å². The molecule has 2 N–H and O–H groups in total. The van der Waals surface area contributed by atoms with Gasteiger partial charge in [-0.1, -0.05) is 12.1 Å². The average molecular weight is 278 g/mol. The minimum atomic E-state index is -0.515. The van der Waals surface area contributed by atoms with E-state index in [4.69, 9.17) is 4.74 Å². The number of rotatable bonds is 3. The van der Waals surface area contributed by atoms with Gasteiger partial charge in [0.15, 0.2) is 0 Å². The summed E-state index contributed by atoms with van der Waals surface area (Å²) in [6.45, 7) is 8.79. The lowest BCUT2D eigenvalue weighted by atomic mass is 10.1. The standard InChI is InChI=1S/C15H22N2O3/c1-10(16-14(19)20-15(3,4)5)12-6-8-13(9-7-12)17-11(2)18/h6-10H,1-5H3,(H,16,19)(H,17,18)/t10-/m1/s1. The van der Waals surface area contributed by atoms with Crippen molar-refractivity contribution >= 4 is 17.7 Å². The highest BCUT2D eigenvalue weighted by Crippen LogP contribution is 2.17. The van der Waals surface area contributed by atoms with Crippen molar-refractivity contribution in [2.24, 2.45) is 0 Å². The monoisotopic (exact) mass is 278 g/mol. The van der Waals surface area contributed by atoms with Gasteiger partial charge in [0.05, 0.1) is 6.04 Å². The highest BCUT2D eigenvalue weighted by atomic mass is 16.6. The van der Waals surface area contributed by atoms with Crippen LogP contribution in [0.3, 0.4) is 0 Å². The van der Waals surface area contributed by atoms with Crippen molar-refractivity contribution < 1.29 is 14.3 Å². The fraction of sp³-hybridized carbons (Fsp3) is 0.467. The summed E-state index contributed by atoms with van der Waals surface area (Å²) in [4.78, 5) is 22.6. The average Bonchev–Trinajstić information content (AvgIpc) is 2.26. The molecule has 0 heterocycles. The summed E-state index contributed by atoms with van der Waals surface area (Å²) >= 11 is 0. The Balaban J connectivity index is 2.61. The van der Waals surface area contributed by atoms with Gasteiger partial charge in [-0.3, -0.25) is 4.79 Å². The predicted molar refractivity (Wildman–Crippen MR) is 78.5 cm³/mol. The maximum Gasteiger partial charge on any atom is 0.408 e. The van der Waals surface area contributed by atoms with Crippen LogP contribution in [0.2, 0.25) is 0 Å². The van der Waals surface area contributed by atoms with E-state index in [9.17, 15) is 9.59 Å². The topological polar surface area (TPSA) is 67.4 Å². The minimum Gasteiger partial charge on any atom is -0.444 e. The number of carbonyl (C=O) groups excluding carboxylic acids is 2. The zero-order valence-electron chi connectivity index (χ0n) is 12.6. The van der Waals surface area contributed by atoms with E-state index in [0.29, 0.717) is 0 Å². The molecule has 0 saturated carbocycles. The van der Waals surface area contributed by atoms with Crippen LogP contribution in [0, 0.1) is 0 Å². The molecule has 2 amide bonds. The molecule has 0 aromatic heterocycles. The predicted octanol–water partition coefficient (Wildman–Crippen LogP) is 3.23. The molecular weight excluding hydrogens is 256 g/mol. The molecule has 5 nitrogen and oxygen atoms in total. The van der Waals surface area contributed by atoms with Gasteiger partial charge in [-0.25, -0.2) is 4.79 Å². The summed E-state index contributed by atoms with van der Waals surface area (Å²) in [6, 6.07) is 7.13. The van der Waals surface area contributed by atoms with Crippen LogP contribution < -0.4 is 10.6 Å². The summed E-state index contributed by atoms with van der Waals surface area (Å²) in [7, 11) is 0. The fourth-order valence-electron chi connectivity index (χ4n) is 1.63. The van der Waals surface area contributed by atoms with Crippen molar-refractivity contribution in [2.75, 3.05) is 5.32 Å². The van der Waals surface area contributed by atoms with Gasteiger partial charge in [-0.15, -0.1) is 0 Å². The van der Waals surface area contributed by atoms with E-state index < -0.39 is 11.7 Å². The van der Waals surface area contributed by atoms with Crippen molar-refractivity contribution in [2.45, 2.75) is 46.3 Å². The molecule has 0 saturated heterocycles. The Bertz CT molecular complexity index is 475. The molecule has 5 heteroatoms. The van der Waals surface area contributed by atoms with E-state index in [1.165, 1.54) is 6.92 Å². The molecule has 20 heavy (non-hydrogen) atoms. The van der Waals surface area contributed by atoms with E-state index in [1.54, 1.807) is 12.1 Å². The van der Waals surface area contributed by atoms with Crippen LogP contribution in [0.1, 0.15) is 46.2 Å². The van der Waals surface area contributed by atoms with Crippen LogP contribution in [0.4, 0.5) is 10.5 Å². The van der Waals surface area contributed by atoms with Gasteiger partial charge in [-0.2, -0.15) is 0 Å². The van der Waals surface area contributed by atoms with E-state index >= 15 is 0 Å². The van der Waals surface area contributed by atoms with Crippen molar-refractivity contribution in [3.63, 3.8) is 0 Å². The molecule has 0 spiro atoms. The van der Waals surface area contributed by atoms with Gasteiger partial charge in [0.2, 0.25) is 5.91 Å². The summed E-state index contributed by atoms with van der Waals surface area (Å²) in [5, 5.41) is 5.46. The molecule has 0 aliphatic rings. The van der Waals surface area contributed by atoms with E-state index in [0.717, 1.165) is 11.3 Å². The van der Waals surface area contributed by atoms with Gasteiger partial charge in [0.1, 0.15) is 5.60 Å². The summed E-state index contributed by atoms with van der Waals surface area (Å²) in [5.41, 5.74) is 1.15. The SMILES string of the molecule is CC(=O)Nc1ccc([C@@H](C)NC(=O)OC(C)(C)C)cc1. The Morgan fingerprint density at radius 3 is 2.15 bits per heavy atom.